The van der Waals surface area contributed by atoms with Crippen molar-refractivity contribution in [3.63, 3.8) is 0 Å². The Kier molecular flexibility index (Phi) is 5.09. The number of aryl methyl sites for hydroxylation is 2. The number of amidine groups is 1. The van der Waals surface area contributed by atoms with Gasteiger partial charge in [-0.3, -0.25) is 4.98 Å². The van der Waals surface area contributed by atoms with Crippen LogP contribution >= 0.6 is 0 Å². The van der Waals surface area contributed by atoms with Crippen molar-refractivity contribution in [2.75, 3.05) is 6.86 Å². The molecule has 4 aromatic rings. The van der Waals surface area contributed by atoms with Gasteiger partial charge in [0.15, 0.2) is 0 Å². The molecule has 0 amide bonds. The molecule has 2 aromatic carbocycles. The van der Waals surface area contributed by atoms with Gasteiger partial charge in [-0.05, 0) is 65.9 Å². The highest BCUT2D eigenvalue weighted by Crippen LogP contribution is 2.47. The third kappa shape index (κ3) is 3.33. The predicted molar refractivity (Wildman–Crippen MR) is 125 cm³/mol. The largest absolute Gasteiger partial charge is 0.462 e. The third-order valence-electron chi connectivity index (χ3n) is 5.98. The number of aliphatic imine (C=N–C) groups is 1. The summed E-state index contributed by atoms with van der Waals surface area (Å²) in [5.41, 5.74) is 12.4. The minimum absolute atomic E-state index is 0.374. The molecule has 2 N–H and O–H groups in total. The summed E-state index contributed by atoms with van der Waals surface area (Å²) in [5, 5.41) is 0. The fraction of sp³-hybridized carbons (Fsp3) is 0.154. The van der Waals surface area contributed by atoms with Crippen molar-refractivity contribution < 1.29 is 9.13 Å². The lowest BCUT2D eigenvalue weighted by Crippen LogP contribution is -2.26. The maximum atomic E-state index is 13.0. The van der Waals surface area contributed by atoms with Crippen molar-refractivity contribution in [3.8, 4) is 16.9 Å². The van der Waals surface area contributed by atoms with Gasteiger partial charge in [-0.2, -0.15) is 0 Å². The minimum atomic E-state index is -0.914. The first-order valence-electron chi connectivity index (χ1n) is 10.5. The van der Waals surface area contributed by atoms with Gasteiger partial charge in [0.1, 0.15) is 29.1 Å². The van der Waals surface area contributed by atoms with Gasteiger partial charge in [-0.1, -0.05) is 24.3 Å². The average molecular weight is 439 g/mol. The number of alkyl halides is 1. The van der Waals surface area contributed by atoms with E-state index in [1.54, 1.807) is 18.6 Å². The first kappa shape index (κ1) is 20.8. The Bertz CT molecular complexity index is 1350. The molecule has 33 heavy (non-hydrogen) atoms. The zero-order chi connectivity index (χ0) is 23.0. The van der Waals surface area contributed by atoms with Crippen molar-refractivity contribution in [1.82, 2.24) is 15.0 Å². The Labute approximate surface area is 191 Å². The Morgan fingerprint density at radius 2 is 1.70 bits per heavy atom. The van der Waals surface area contributed by atoms with Gasteiger partial charge in [0.05, 0.1) is 0 Å². The number of hydrogen-bond donors (Lipinski definition) is 1. The summed E-state index contributed by atoms with van der Waals surface area (Å²) in [6.45, 7) is 2.92. The number of nitrogens with zero attached hydrogens (tertiary/aromatic N) is 4. The molecule has 0 saturated heterocycles. The fourth-order valence-corrected chi connectivity index (χ4v) is 4.62. The van der Waals surface area contributed by atoms with Crippen molar-refractivity contribution >= 4 is 5.84 Å². The molecule has 164 valence electrons. The molecule has 2 aromatic heterocycles. The molecule has 1 unspecified atom stereocenters. The molecule has 0 spiro atoms. The Morgan fingerprint density at radius 1 is 0.939 bits per heavy atom. The summed E-state index contributed by atoms with van der Waals surface area (Å²) in [6, 6.07) is 16.0. The summed E-state index contributed by atoms with van der Waals surface area (Å²) in [6.07, 6.45) is 6.77. The van der Waals surface area contributed by atoms with Crippen LogP contribution in [0.2, 0.25) is 0 Å². The fourth-order valence-electron chi connectivity index (χ4n) is 4.62. The SMILES string of the molecule is Cc1cc(C2(c3cccc(-c4cncnc4)c3)N=C(N)c3ncccc32)cc(C)c1OCF. The van der Waals surface area contributed by atoms with E-state index in [1.807, 2.05) is 56.3 Å². The van der Waals surface area contributed by atoms with Crippen LogP contribution < -0.4 is 10.5 Å². The maximum absolute atomic E-state index is 13.0. The highest BCUT2D eigenvalue weighted by molar-refractivity contribution is 6.01. The molecule has 7 heteroatoms. The van der Waals surface area contributed by atoms with E-state index in [0.29, 0.717) is 17.3 Å². The topological polar surface area (TPSA) is 86.3 Å². The molecule has 1 aliphatic rings. The number of rotatable bonds is 5. The summed E-state index contributed by atoms with van der Waals surface area (Å²) >= 11 is 0. The zero-order valence-corrected chi connectivity index (χ0v) is 18.3. The second-order valence-electron chi connectivity index (χ2n) is 8.01. The first-order chi connectivity index (χ1) is 16.0. The molecular formula is C26H22FN5O. The second kappa shape index (κ2) is 8.09. The Hall–Kier alpha value is -4.13. The molecular weight excluding hydrogens is 417 g/mol. The van der Waals surface area contributed by atoms with Crippen LogP contribution in [-0.2, 0) is 5.54 Å². The van der Waals surface area contributed by atoms with E-state index in [9.17, 15) is 4.39 Å². The number of hydrogen-bond acceptors (Lipinski definition) is 6. The van der Waals surface area contributed by atoms with Crippen LogP contribution in [0.5, 0.6) is 5.75 Å². The summed E-state index contributed by atoms with van der Waals surface area (Å²) < 4.78 is 18.2. The highest BCUT2D eigenvalue weighted by atomic mass is 19.1. The lowest BCUT2D eigenvalue weighted by atomic mass is 9.77. The van der Waals surface area contributed by atoms with Crippen molar-refractivity contribution in [1.29, 1.82) is 0 Å². The summed E-state index contributed by atoms with van der Waals surface area (Å²) in [4.78, 5) is 17.8. The molecule has 6 nitrogen and oxygen atoms in total. The van der Waals surface area contributed by atoms with Crippen LogP contribution in [0.4, 0.5) is 4.39 Å². The number of pyridine rings is 1. The number of aromatic nitrogens is 3. The van der Waals surface area contributed by atoms with E-state index in [1.165, 1.54) is 6.33 Å². The van der Waals surface area contributed by atoms with Gasteiger partial charge in [0, 0.05) is 29.7 Å². The van der Waals surface area contributed by atoms with Crippen LogP contribution in [0.3, 0.4) is 0 Å². The molecule has 0 radical (unpaired) electrons. The second-order valence-corrected chi connectivity index (χ2v) is 8.01. The summed E-state index contributed by atoms with van der Waals surface area (Å²) in [7, 11) is 0. The van der Waals surface area contributed by atoms with E-state index in [2.05, 4.69) is 21.0 Å². The average Bonchev–Trinajstić information content (AvgIpc) is 3.15. The van der Waals surface area contributed by atoms with Crippen LogP contribution in [-0.4, -0.2) is 27.6 Å². The van der Waals surface area contributed by atoms with Gasteiger partial charge in [-0.25, -0.2) is 19.4 Å². The van der Waals surface area contributed by atoms with Gasteiger partial charge >= 0.3 is 0 Å². The Morgan fingerprint density at radius 3 is 2.42 bits per heavy atom. The van der Waals surface area contributed by atoms with Crippen LogP contribution in [0.25, 0.3) is 11.1 Å². The molecule has 0 saturated carbocycles. The van der Waals surface area contributed by atoms with Crippen LogP contribution in [0.15, 0.2) is 78.4 Å². The number of benzene rings is 2. The molecule has 0 aliphatic carbocycles. The molecule has 1 atom stereocenters. The monoisotopic (exact) mass is 439 g/mol. The van der Waals surface area contributed by atoms with Crippen LogP contribution in [0.1, 0.15) is 33.5 Å². The number of nitrogens with two attached hydrogens (primary N) is 1. The number of fused-ring (bicyclic) bond motifs is 1. The number of halogens is 1. The van der Waals surface area contributed by atoms with Gasteiger partial charge in [0.2, 0.25) is 6.86 Å². The quantitative estimate of drug-likeness (QED) is 0.496. The highest BCUT2D eigenvalue weighted by Gasteiger charge is 2.44. The van der Waals surface area contributed by atoms with E-state index >= 15 is 0 Å². The van der Waals surface area contributed by atoms with Gasteiger partial charge < -0.3 is 10.5 Å². The van der Waals surface area contributed by atoms with Crippen molar-refractivity contribution in [3.05, 3.63) is 107 Å². The van der Waals surface area contributed by atoms with E-state index in [4.69, 9.17) is 15.5 Å². The molecule has 0 fully saturated rings. The smallest absolute Gasteiger partial charge is 0.228 e. The minimum Gasteiger partial charge on any atom is -0.462 e. The maximum Gasteiger partial charge on any atom is 0.228 e. The molecule has 5 rings (SSSR count). The first-order valence-corrected chi connectivity index (χ1v) is 10.5. The van der Waals surface area contributed by atoms with Crippen LogP contribution in [0, 0.1) is 13.8 Å². The normalized spacial score (nSPS) is 16.9. The van der Waals surface area contributed by atoms with Gasteiger partial charge in [-0.15, -0.1) is 0 Å². The predicted octanol–water partition coefficient (Wildman–Crippen LogP) is 4.47. The lowest BCUT2D eigenvalue weighted by Gasteiger charge is -2.30. The van der Waals surface area contributed by atoms with E-state index in [0.717, 1.165) is 38.9 Å². The summed E-state index contributed by atoms with van der Waals surface area (Å²) in [5.74, 6) is 0.909. The number of ether oxygens (including phenoxy) is 1. The van der Waals surface area contributed by atoms with Crippen molar-refractivity contribution in [2.24, 2.45) is 10.7 Å². The third-order valence-corrected chi connectivity index (χ3v) is 5.98. The standard InChI is InChI=1S/C26H22FN5O/c1-16-9-21(10-17(2)24(16)33-14-27)26(22-7-4-8-31-23(22)25(28)32-26)20-6-3-5-18(11-20)19-12-29-15-30-13-19/h3-13,15H,14H2,1-2H3,(H2,28,32). The van der Waals surface area contributed by atoms with E-state index in [-0.39, 0.29) is 0 Å². The van der Waals surface area contributed by atoms with E-state index < -0.39 is 12.4 Å². The molecule has 0 bridgehead atoms. The Balaban J connectivity index is 1.79. The van der Waals surface area contributed by atoms with Gasteiger partial charge in [0.25, 0.3) is 0 Å². The molecule has 1 aliphatic heterocycles. The lowest BCUT2D eigenvalue weighted by molar-refractivity contribution is 0.189. The van der Waals surface area contributed by atoms with Crippen molar-refractivity contribution in [2.45, 2.75) is 19.4 Å². The zero-order valence-electron chi connectivity index (χ0n) is 18.3. The molecule has 3 heterocycles.